The maximum atomic E-state index is 13.2. The highest BCUT2D eigenvalue weighted by Gasteiger charge is 2.38. The van der Waals surface area contributed by atoms with E-state index >= 15 is 0 Å². The minimum atomic E-state index is -0.384. The van der Waals surface area contributed by atoms with Crippen LogP contribution >= 0.6 is 0 Å². The Hall–Kier alpha value is -3.82. The Morgan fingerprint density at radius 2 is 1.67 bits per heavy atom. The summed E-state index contributed by atoms with van der Waals surface area (Å²) in [5.74, 6) is 0.548. The van der Waals surface area contributed by atoms with E-state index in [1.54, 1.807) is 21.7 Å². The number of piperazine rings is 1. The Labute approximate surface area is 190 Å². The van der Waals surface area contributed by atoms with Gasteiger partial charge in [-0.3, -0.25) is 9.59 Å². The molecule has 1 aromatic carbocycles. The molecule has 0 radical (unpaired) electrons. The van der Waals surface area contributed by atoms with Crippen LogP contribution in [-0.2, 0) is 9.59 Å². The van der Waals surface area contributed by atoms with Crippen molar-refractivity contribution in [3.63, 3.8) is 0 Å². The topological polar surface area (TPSA) is 87.5 Å². The summed E-state index contributed by atoms with van der Waals surface area (Å²) in [5.41, 5.74) is 1.53. The van der Waals surface area contributed by atoms with Crippen molar-refractivity contribution in [1.82, 2.24) is 24.9 Å². The molecule has 2 amide bonds. The molecule has 10 heteroatoms. The van der Waals surface area contributed by atoms with Gasteiger partial charge in [0.25, 0.3) is 0 Å². The molecule has 170 valence electrons. The summed E-state index contributed by atoms with van der Waals surface area (Å²) < 4.78 is 14.9. The van der Waals surface area contributed by atoms with Gasteiger partial charge in [0, 0.05) is 51.0 Å². The van der Waals surface area contributed by atoms with E-state index in [1.165, 1.54) is 12.1 Å². The second-order valence-electron chi connectivity index (χ2n) is 8.35. The maximum Gasteiger partial charge on any atom is 0.228 e. The second-order valence-corrected chi connectivity index (χ2v) is 8.35. The fourth-order valence-corrected chi connectivity index (χ4v) is 4.31. The third-order valence-electron chi connectivity index (χ3n) is 6.12. The molecule has 5 rings (SSSR count). The predicted molar refractivity (Wildman–Crippen MR) is 120 cm³/mol. The first-order valence-corrected chi connectivity index (χ1v) is 10.9. The first-order valence-electron chi connectivity index (χ1n) is 10.9. The molecule has 2 fully saturated rings. The van der Waals surface area contributed by atoms with Crippen molar-refractivity contribution in [2.75, 3.05) is 42.5 Å². The summed E-state index contributed by atoms with van der Waals surface area (Å²) in [6.45, 7) is 4.64. The Balaban J connectivity index is 1.17. The molecule has 4 heterocycles. The Morgan fingerprint density at radius 1 is 0.970 bits per heavy atom. The first kappa shape index (κ1) is 21.0. The summed E-state index contributed by atoms with van der Waals surface area (Å²) in [6, 6.07) is 11.5. The van der Waals surface area contributed by atoms with Crippen molar-refractivity contribution < 1.29 is 14.0 Å². The zero-order valence-corrected chi connectivity index (χ0v) is 18.3. The Morgan fingerprint density at radius 3 is 2.30 bits per heavy atom. The Bertz CT molecular complexity index is 1150. The monoisotopic (exact) mass is 449 g/mol. The third-order valence-corrected chi connectivity index (χ3v) is 6.12. The molecule has 1 atom stereocenters. The van der Waals surface area contributed by atoms with E-state index in [0.29, 0.717) is 44.2 Å². The lowest BCUT2D eigenvalue weighted by Gasteiger charge is -2.36. The number of halogens is 1. The Kier molecular flexibility index (Phi) is 5.49. The van der Waals surface area contributed by atoms with E-state index < -0.39 is 0 Å². The van der Waals surface area contributed by atoms with Crippen molar-refractivity contribution in [1.29, 1.82) is 0 Å². The fraction of sp³-hybridized carbons (Fsp3) is 0.348. The highest BCUT2D eigenvalue weighted by Crippen LogP contribution is 2.27. The van der Waals surface area contributed by atoms with E-state index in [2.05, 4.69) is 20.2 Å². The molecule has 2 aliphatic rings. The molecule has 33 heavy (non-hydrogen) atoms. The summed E-state index contributed by atoms with van der Waals surface area (Å²) in [7, 11) is 0. The molecule has 0 spiro atoms. The number of hydrogen-bond acceptors (Lipinski definition) is 6. The van der Waals surface area contributed by atoms with Crippen molar-refractivity contribution in [2.24, 2.45) is 5.92 Å². The summed E-state index contributed by atoms with van der Waals surface area (Å²) in [4.78, 5) is 31.0. The quantitative estimate of drug-likeness (QED) is 0.604. The lowest BCUT2D eigenvalue weighted by atomic mass is 10.1. The third kappa shape index (κ3) is 4.28. The van der Waals surface area contributed by atoms with E-state index in [0.717, 1.165) is 11.5 Å². The molecular weight excluding hydrogens is 425 g/mol. The van der Waals surface area contributed by atoms with Crippen LogP contribution in [0.4, 0.5) is 15.9 Å². The maximum absolute atomic E-state index is 13.2. The minimum absolute atomic E-state index is 0.0110. The number of benzene rings is 1. The molecule has 0 saturated carbocycles. The van der Waals surface area contributed by atoms with Crippen LogP contribution in [0.15, 0.2) is 48.7 Å². The van der Waals surface area contributed by atoms with Crippen LogP contribution in [0.25, 0.3) is 5.82 Å². The highest BCUT2D eigenvalue weighted by molar-refractivity contribution is 6.00. The van der Waals surface area contributed by atoms with Gasteiger partial charge in [-0.2, -0.15) is 5.10 Å². The van der Waals surface area contributed by atoms with Crippen LogP contribution in [0, 0.1) is 18.7 Å². The van der Waals surface area contributed by atoms with Gasteiger partial charge < -0.3 is 14.7 Å². The molecular formula is C23H24FN7O2. The number of aromatic nitrogens is 4. The molecule has 9 nitrogen and oxygen atoms in total. The SMILES string of the molecule is Cc1ccn(-c2ccc(N3CCN(C(=O)C4CC(=O)N(c5ccc(F)cc5)C4)CC3)nn2)n1. The molecule has 0 N–H and O–H groups in total. The van der Waals surface area contributed by atoms with Crippen molar-refractivity contribution in [3.05, 3.63) is 60.2 Å². The average Bonchev–Trinajstić information content (AvgIpc) is 3.45. The van der Waals surface area contributed by atoms with E-state index in [1.807, 2.05) is 36.2 Å². The number of carbonyl (C=O) groups is 2. The first-order chi connectivity index (χ1) is 16.0. The van der Waals surface area contributed by atoms with Crippen LogP contribution in [0.2, 0.25) is 0 Å². The normalized spacial score (nSPS) is 18.8. The van der Waals surface area contributed by atoms with Gasteiger partial charge in [-0.25, -0.2) is 9.07 Å². The zero-order chi connectivity index (χ0) is 22.9. The standard InChI is InChI=1S/C23H24FN7O2/c1-16-8-9-31(27-16)21-7-6-20(25-26-21)28-10-12-29(13-11-28)23(33)17-14-22(32)30(15-17)19-4-2-18(24)3-5-19/h2-9,17H,10-15H2,1H3. The summed E-state index contributed by atoms with van der Waals surface area (Å²) >= 11 is 0. The van der Waals surface area contributed by atoms with Gasteiger partial charge in [0.15, 0.2) is 11.6 Å². The summed E-state index contributed by atoms with van der Waals surface area (Å²) in [6.07, 6.45) is 2.02. The fourth-order valence-electron chi connectivity index (χ4n) is 4.31. The molecule has 1 unspecified atom stereocenters. The van der Waals surface area contributed by atoms with Crippen LogP contribution < -0.4 is 9.80 Å². The largest absolute Gasteiger partial charge is 0.352 e. The van der Waals surface area contributed by atoms with Gasteiger partial charge in [0.2, 0.25) is 11.8 Å². The van der Waals surface area contributed by atoms with E-state index in [9.17, 15) is 14.0 Å². The smallest absolute Gasteiger partial charge is 0.228 e. The molecule has 2 aromatic heterocycles. The van der Waals surface area contributed by atoms with Gasteiger partial charge in [-0.15, -0.1) is 10.2 Å². The van der Waals surface area contributed by atoms with Crippen LogP contribution in [0.3, 0.4) is 0 Å². The van der Waals surface area contributed by atoms with Crippen molar-refractivity contribution in [3.8, 4) is 5.82 Å². The van der Waals surface area contributed by atoms with Crippen LogP contribution in [0.1, 0.15) is 12.1 Å². The second kappa shape index (κ2) is 8.61. The number of amides is 2. The minimum Gasteiger partial charge on any atom is -0.352 e. The lowest BCUT2D eigenvalue weighted by molar-refractivity contribution is -0.136. The van der Waals surface area contributed by atoms with Gasteiger partial charge in [0.1, 0.15) is 5.82 Å². The number of nitrogens with zero attached hydrogens (tertiary/aromatic N) is 7. The van der Waals surface area contributed by atoms with E-state index in [-0.39, 0.29) is 30.0 Å². The molecule has 2 aliphatic heterocycles. The number of anilines is 2. The molecule has 3 aromatic rings. The molecule has 0 aliphatic carbocycles. The number of aryl methyl sites for hydroxylation is 1. The lowest BCUT2D eigenvalue weighted by Crippen LogP contribution is -2.51. The van der Waals surface area contributed by atoms with Crippen molar-refractivity contribution >= 4 is 23.3 Å². The predicted octanol–water partition coefficient (Wildman–Crippen LogP) is 1.81. The van der Waals surface area contributed by atoms with Gasteiger partial charge in [-0.1, -0.05) is 0 Å². The number of hydrogen-bond donors (Lipinski definition) is 0. The average molecular weight is 449 g/mol. The van der Waals surface area contributed by atoms with Crippen LogP contribution in [-0.4, -0.2) is 69.4 Å². The zero-order valence-electron chi connectivity index (χ0n) is 18.3. The van der Waals surface area contributed by atoms with Gasteiger partial charge >= 0.3 is 0 Å². The number of rotatable bonds is 4. The number of carbonyl (C=O) groups excluding carboxylic acids is 2. The van der Waals surface area contributed by atoms with E-state index in [4.69, 9.17) is 0 Å². The van der Waals surface area contributed by atoms with Crippen LogP contribution in [0.5, 0.6) is 0 Å². The van der Waals surface area contributed by atoms with Gasteiger partial charge in [-0.05, 0) is 49.4 Å². The summed E-state index contributed by atoms with van der Waals surface area (Å²) in [5, 5.41) is 12.9. The molecule has 2 saturated heterocycles. The van der Waals surface area contributed by atoms with Gasteiger partial charge in [0.05, 0.1) is 11.6 Å². The highest BCUT2D eigenvalue weighted by atomic mass is 19.1. The molecule has 0 bridgehead atoms. The van der Waals surface area contributed by atoms with Crippen molar-refractivity contribution in [2.45, 2.75) is 13.3 Å².